The highest BCUT2D eigenvalue weighted by Crippen LogP contribution is 2.42. The molecule has 1 fully saturated rings. The highest BCUT2D eigenvalue weighted by atomic mass is 15.0. The van der Waals surface area contributed by atoms with Gasteiger partial charge in [0.25, 0.3) is 0 Å². The van der Waals surface area contributed by atoms with Crippen LogP contribution in [0, 0.1) is 13.8 Å². The zero-order chi connectivity index (χ0) is 14.1. The summed E-state index contributed by atoms with van der Waals surface area (Å²) in [5, 5.41) is 3.78. The minimum absolute atomic E-state index is 0.425. The molecule has 1 N–H and O–H groups in total. The number of aryl methyl sites for hydroxylation is 2. The average Bonchev–Trinajstić information content (AvgIpc) is 3.18. The van der Waals surface area contributed by atoms with Crippen LogP contribution in [0.3, 0.4) is 0 Å². The van der Waals surface area contributed by atoms with Crippen LogP contribution in [0.1, 0.15) is 47.6 Å². The van der Waals surface area contributed by atoms with Crippen molar-refractivity contribution < 1.29 is 0 Å². The first-order valence-electron chi connectivity index (χ1n) is 7.53. The molecule has 1 aliphatic rings. The van der Waals surface area contributed by atoms with Crippen molar-refractivity contribution in [3.8, 4) is 0 Å². The van der Waals surface area contributed by atoms with Crippen LogP contribution in [0.5, 0.6) is 0 Å². The summed E-state index contributed by atoms with van der Waals surface area (Å²) in [6.07, 6.45) is 1.26. The van der Waals surface area contributed by atoms with Crippen molar-refractivity contribution in [1.82, 2.24) is 5.32 Å². The largest absolute Gasteiger partial charge is 0.307 e. The summed E-state index contributed by atoms with van der Waals surface area (Å²) in [5.74, 6) is 0.699. The van der Waals surface area contributed by atoms with E-state index in [0.29, 0.717) is 18.0 Å². The third-order valence-corrected chi connectivity index (χ3v) is 4.37. The molecule has 20 heavy (non-hydrogen) atoms. The molecule has 3 unspecified atom stereocenters. The van der Waals surface area contributed by atoms with Gasteiger partial charge in [0.05, 0.1) is 0 Å². The van der Waals surface area contributed by atoms with E-state index in [1.807, 2.05) is 0 Å². The number of rotatable bonds is 4. The van der Waals surface area contributed by atoms with E-state index in [9.17, 15) is 0 Å². The minimum atomic E-state index is 0.425. The lowest BCUT2D eigenvalue weighted by Crippen LogP contribution is -2.22. The smallest absolute Gasteiger partial charge is 0.0297 e. The topological polar surface area (TPSA) is 12.0 Å². The van der Waals surface area contributed by atoms with E-state index in [2.05, 4.69) is 74.6 Å². The predicted octanol–water partition coefficient (Wildman–Crippen LogP) is 4.51. The van der Waals surface area contributed by atoms with Gasteiger partial charge >= 0.3 is 0 Å². The van der Waals surface area contributed by atoms with Gasteiger partial charge in [-0.15, -0.1) is 0 Å². The summed E-state index contributed by atoms with van der Waals surface area (Å²) in [5.41, 5.74) is 5.63. The average molecular weight is 265 g/mol. The van der Waals surface area contributed by atoms with Gasteiger partial charge in [0.15, 0.2) is 0 Å². The maximum Gasteiger partial charge on any atom is 0.0297 e. The first-order valence-corrected chi connectivity index (χ1v) is 7.53. The summed E-state index contributed by atoms with van der Waals surface area (Å²) in [4.78, 5) is 0. The van der Waals surface area contributed by atoms with Gasteiger partial charge in [-0.2, -0.15) is 0 Å². The summed E-state index contributed by atoms with van der Waals surface area (Å²) in [6.45, 7) is 6.64. The molecule has 0 heterocycles. The van der Waals surface area contributed by atoms with Crippen LogP contribution in [-0.4, -0.2) is 6.04 Å². The zero-order valence-electron chi connectivity index (χ0n) is 12.6. The van der Waals surface area contributed by atoms with Crippen LogP contribution in [0.2, 0.25) is 0 Å². The van der Waals surface area contributed by atoms with Crippen LogP contribution >= 0.6 is 0 Å². The van der Waals surface area contributed by atoms with E-state index < -0.39 is 0 Å². The summed E-state index contributed by atoms with van der Waals surface area (Å²) in [6, 6.07) is 18.7. The fourth-order valence-corrected chi connectivity index (χ4v) is 3.17. The SMILES string of the molecule is Cc1ccc(C(C)NC2CC2c2ccccc2)c(C)c1. The molecule has 0 radical (unpaired) electrons. The minimum Gasteiger partial charge on any atom is -0.307 e. The van der Waals surface area contributed by atoms with E-state index in [4.69, 9.17) is 0 Å². The van der Waals surface area contributed by atoms with Crippen molar-refractivity contribution in [1.29, 1.82) is 0 Å². The van der Waals surface area contributed by atoms with E-state index in [1.165, 1.54) is 28.7 Å². The number of hydrogen-bond acceptors (Lipinski definition) is 1. The summed E-state index contributed by atoms with van der Waals surface area (Å²) >= 11 is 0. The Balaban J connectivity index is 1.65. The lowest BCUT2D eigenvalue weighted by Gasteiger charge is -2.17. The maximum atomic E-state index is 3.78. The Hall–Kier alpha value is -1.60. The lowest BCUT2D eigenvalue weighted by molar-refractivity contribution is 0.560. The van der Waals surface area contributed by atoms with Gasteiger partial charge < -0.3 is 5.32 Å². The Morgan fingerprint density at radius 2 is 1.80 bits per heavy atom. The van der Waals surface area contributed by atoms with Crippen molar-refractivity contribution in [3.63, 3.8) is 0 Å². The molecule has 2 aromatic carbocycles. The molecule has 1 aliphatic carbocycles. The van der Waals surface area contributed by atoms with Crippen molar-refractivity contribution in [3.05, 3.63) is 70.8 Å². The second kappa shape index (κ2) is 5.41. The molecule has 2 aromatic rings. The quantitative estimate of drug-likeness (QED) is 0.857. The number of benzene rings is 2. The summed E-state index contributed by atoms with van der Waals surface area (Å²) in [7, 11) is 0. The maximum absolute atomic E-state index is 3.78. The second-order valence-corrected chi connectivity index (χ2v) is 6.11. The third kappa shape index (κ3) is 2.78. The van der Waals surface area contributed by atoms with Gasteiger partial charge in [0.1, 0.15) is 0 Å². The molecular weight excluding hydrogens is 242 g/mol. The van der Waals surface area contributed by atoms with Crippen molar-refractivity contribution in [2.75, 3.05) is 0 Å². The normalized spacial score (nSPS) is 22.6. The fourth-order valence-electron chi connectivity index (χ4n) is 3.17. The Morgan fingerprint density at radius 3 is 2.50 bits per heavy atom. The van der Waals surface area contributed by atoms with Crippen molar-refractivity contribution in [2.45, 2.75) is 45.2 Å². The Labute approximate surface area is 122 Å². The molecule has 1 heteroatoms. The molecule has 0 aliphatic heterocycles. The lowest BCUT2D eigenvalue weighted by atomic mass is 10.00. The van der Waals surface area contributed by atoms with Crippen molar-refractivity contribution in [2.24, 2.45) is 0 Å². The van der Waals surface area contributed by atoms with Gasteiger partial charge in [0, 0.05) is 18.0 Å². The molecule has 3 atom stereocenters. The molecule has 0 bridgehead atoms. The van der Waals surface area contributed by atoms with Gasteiger partial charge in [-0.3, -0.25) is 0 Å². The van der Waals surface area contributed by atoms with Crippen LogP contribution in [0.15, 0.2) is 48.5 Å². The predicted molar refractivity (Wildman–Crippen MR) is 85.1 cm³/mol. The van der Waals surface area contributed by atoms with E-state index >= 15 is 0 Å². The van der Waals surface area contributed by atoms with Gasteiger partial charge in [-0.25, -0.2) is 0 Å². The second-order valence-electron chi connectivity index (χ2n) is 6.11. The van der Waals surface area contributed by atoms with E-state index in [-0.39, 0.29) is 0 Å². The Morgan fingerprint density at radius 1 is 1.05 bits per heavy atom. The molecule has 0 saturated heterocycles. The first-order chi connectivity index (χ1) is 9.65. The molecule has 0 spiro atoms. The van der Waals surface area contributed by atoms with E-state index in [0.717, 1.165) is 0 Å². The van der Waals surface area contributed by atoms with Crippen LogP contribution < -0.4 is 5.32 Å². The highest BCUT2D eigenvalue weighted by Gasteiger charge is 2.38. The monoisotopic (exact) mass is 265 g/mol. The molecule has 1 saturated carbocycles. The summed E-state index contributed by atoms with van der Waals surface area (Å²) < 4.78 is 0. The Kier molecular flexibility index (Phi) is 3.62. The first kappa shape index (κ1) is 13.4. The zero-order valence-corrected chi connectivity index (χ0v) is 12.6. The highest BCUT2D eigenvalue weighted by molar-refractivity contribution is 5.33. The van der Waals surface area contributed by atoms with Crippen LogP contribution in [0.25, 0.3) is 0 Å². The molecular formula is C19H23N. The molecule has 104 valence electrons. The van der Waals surface area contributed by atoms with Crippen LogP contribution in [-0.2, 0) is 0 Å². The molecule has 1 nitrogen and oxygen atoms in total. The van der Waals surface area contributed by atoms with Crippen LogP contribution in [0.4, 0.5) is 0 Å². The molecule has 0 aromatic heterocycles. The third-order valence-electron chi connectivity index (χ3n) is 4.37. The number of nitrogens with one attached hydrogen (secondary N) is 1. The standard InChI is InChI=1S/C19H23N/c1-13-9-10-17(14(2)11-13)15(3)20-19-12-18(19)16-7-5-4-6-8-16/h4-11,15,18-20H,12H2,1-3H3. The van der Waals surface area contributed by atoms with E-state index in [1.54, 1.807) is 0 Å². The van der Waals surface area contributed by atoms with Gasteiger partial charge in [-0.05, 0) is 43.9 Å². The molecule has 0 amide bonds. The fraction of sp³-hybridized carbons (Fsp3) is 0.368. The molecule has 3 rings (SSSR count). The Bertz CT molecular complexity index is 588. The number of hydrogen-bond donors (Lipinski definition) is 1. The van der Waals surface area contributed by atoms with Crippen molar-refractivity contribution >= 4 is 0 Å². The van der Waals surface area contributed by atoms with Gasteiger partial charge in [-0.1, -0.05) is 54.1 Å². The van der Waals surface area contributed by atoms with Gasteiger partial charge in [0.2, 0.25) is 0 Å².